The van der Waals surface area contributed by atoms with Crippen molar-refractivity contribution in [2.24, 2.45) is 0 Å². The van der Waals surface area contributed by atoms with Gasteiger partial charge < -0.3 is 20.6 Å². The van der Waals surface area contributed by atoms with E-state index < -0.39 is 18.2 Å². The molecule has 1 amide bonds. The summed E-state index contributed by atoms with van der Waals surface area (Å²) in [6.07, 6.45) is 78.1. The van der Waals surface area contributed by atoms with Crippen LogP contribution >= 0.6 is 0 Å². The van der Waals surface area contributed by atoms with Gasteiger partial charge in [0.2, 0.25) is 5.91 Å². The Morgan fingerprint density at radius 3 is 0.928 bits per heavy atom. The first-order chi connectivity index (χ1) is 34.0. The van der Waals surface area contributed by atoms with Crippen LogP contribution in [0, 0.1) is 0 Å². The molecule has 0 aliphatic heterocycles. The first kappa shape index (κ1) is 67.6. The normalized spacial score (nSPS) is 13.4. The highest BCUT2D eigenvalue weighted by Gasteiger charge is 2.20. The number of amides is 1. The number of aliphatic hydroxyl groups is 3. The van der Waals surface area contributed by atoms with Gasteiger partial charge in [0.15, 0.2) is 0 Å². The van der Waals surface area contributed by atoms with Gasteiger partial charge in [0.25, 0.3) is 0 Å². The van der Waals surface area contributed by atoms with E-state index in [0.29, 0.717) is 6.42 Å². The molecule has 4 N–H and O–H groups in total. The first-order valence-corrected chi connectivity index (χ1v) is 31.3. The summed E-state index contributed by atoms with van der Waals surface area (Å²) < 4.78 is 0. The number of allylic oxidation sites excluding steroid dienone is 5. The van der Waals surface area contributed by atoms with Crippen molar-refractivity contribution in [2.45, 2.75) is 360 Å². The number of aliphatic hydroxyl groups excluding tert-OH is 3. The smallest absolute Gasteiger partial charge is 0.222 e. The summed E-state index contributed by atoms with van der Waals surface area (Å²) in [5.74, 6) is -0.324. The molecule has 5 heteroatoms. The predicted octanol–water partition coefficient (Wildman–Crippen LogP) is 19.8. The molecule has 0 aromatic heterocycles. The molecule has 3 atom stereocenters. The molecule has 69 heavy (non-hydrogen) atoms. The second kappa shape index (κ2) is 59.1. The number of unbranched alkanes of at least 4 members (excludes halogenated alkanes) is 45. The zero-order valence-electron chi connectivity index (χ0n) is 46.7. The minimum Gasteiger partial charge on any atom is -0.394 e. The Kier molecular flexibility index (Phi) is 57.9. The zero-order valence-corrected chi connectivity index (χ0v) is 46.7. The Balaban J connectivity index is 3.47. The summed E-state index contributed by atoms with van der Waals surface area (Å²) in [7, 11) is 0. The largest absolute Gasteiger partial charge is 0.394 e. The summed E-state index contributed by atoms with van der Waals surface area (Å²) in [5.41, 5.74) is 0. The van der Waals surface area contributed by atoms with E-state index in [0.717, 1.165) is 38.5 Å². The lowest BCUT2D eigenvalue weighted by Gasteiger charge is -2.21. The fourth-order valence-corrected chi connectivity index (χ4v) is 9.91. The second-order valence-corrected chi connectivity index (χ2v) is 21.7. The molecule has 0 aliphatic rings. The van der Waals surface area contributed by atoms with E-state index in [1.807, 2.05) is 6.08 Å². The van der Waals surface area contributed by atoms with Crippen LogP contribution in [-0.2, 0) is 4.79 Å². The lowest BCUT2D eigenvalue weighted by molar-refractivity contribution is -0.124. The summed E-state index contributed by atoms with van der Waals surface area (Å²) in [6, 6.07) is -0.767. The topological polar surface area (TPSA) is 89.8 Å². The molecule has 0 heterocycles. The summed E-state index contributed by atoms with van der Waals surface area (Å²) in [4.78, 5) is 12.5. The standard InChI is InChI=1S/C64H123NO4/c1-3-5-7-9-11-13-15-17-19-21-22-23-24-25-26-27-28-29-30-31-32-33-34-35-36-37-38-39-40-42-43-45-47-49-51-53-55-57-61(67)59-64(69)65-62(60-66)63(68)58-56-54-52-50-48-46-44-41-20-18-16-14-12-10-8-6-4-2/h20,41,48,50,56,58,61-63,66-68H,3-19,21-40,42-47,49,51-55,57,59-60H2,1-2H3,(H,65,69)/b41-20+,50-48+,58-56+. The molecule has 0 saturated carbocycles. The third kappa shape index (κ3) is 55.7. The monoisotopic (exact) mass is 970 g/mol. The molecular weight excluding hydrogens is 847 g/mol. The highest BCUT2D eigenvalue weighted by Crippen LogP contribution is 2.18. The minimum absolute atomic E-state index is 0.00570. The van der Waals surface area contributed by atoms with Crippen LogP contribution in [0.25, 0.3) is 0 Å². The average Bonchev–Trinajstić information content (AvgIpc) is 3.35. The average molecular weight is 971 g/mol. The lowest BCUT2D eigenvalue weighted by Crippen LogP contribution is -2.45. The third-order valence-corrected chi connectivity index (χ3v) is 14.7. The van der Waals surface area contributed by atoms with Gasteiger partial charge in [-0.3, -0.25) is 4.79 Å². The Morgan fingerprint density at radius 2 is 0.623 bits per heavy atom. The van der Waals surface area contributed by atoms with Gasteiger partial charge in [0.1, 0.15) is 0 Å². The number of carbonyl (C=O) groups is 1. The number of hydrogen-bond donors (Lipinski definition) is 4. The maximum atomic E-state index is 12.5. The summed E-state index contributed by atoms with van der Waals surface area (Å²) in [6.45, 7) is 4.22. The highest BCUT2D eigenvalue weighted by atomic mass is 16.3. The molecule has 0 fully saturated rings. The molecule has 408 valence electrons. The van der Waals surface area contributed by atoms with Gasteiger partial charge in [-0.2, -0.15) is 0 Å². The van der Waals surface area contributed by atoms with Crippen LogP contribution in [0.3, 0.4) is 0 Å². The van der Waals surface area contributed by atoms with Crippen LogP contribution in [0.2, 0.25) is 0 Å². The van der Waals surface area contributed by atoms with Gasteiger partial charge in [-0.25, -0.2) is 0 Å². The Labute approximate surface area is 432 Å². The lowest BCUT2D eigenvalue weighted by atomic mass is 10.0. The van der Waals surface area contributed by atoms with Crippen LogP contribution in [-0.4, -0.2) is 46.1 Å². The second-order valence-electron chi connectivity index (χ2n) is 21.7. The third-order valence-electron chi connectivity index (χ3n) is 14.7. The maximum Gasteiger partial charge on any atom is 0.222 e. The fraction of sp³-hybridized carbons (Fsp3) is 0.891. The summed E-state index contributed by atoms with van der Waals surface area (Å²) in [5, 5.41) is 33.4. The molecule has 0 aromatic carbocycles. The SMILES string of the molecule is CCCCCCCCC/C=C/CC/C=C/CC/C=C/C(O)C(CO)NC(=O)CC(O)CCCCCCCCCCCCCCCCCCCCCCCCCCCCCCCCCCCCCCC. The van der Waals surface area contributed by atoms with Crippen molar-refractivity contribution < 1.29 is 20.1 Å². The minimum atomic E-state index is -0.959. The van der Waals surface area contributed by atoms with Crippen LogP contribution in [0.1, 0.15) is 341 Å². The van der Waals surface area contributed by atoms with Gasteiger partial charge >= 0.3 is 0 Å². The van der Waals surface area contributed by atoms with Crippen LogP contribution in [0.5, 0.6) is 0 Å². The molecule has 0 rings (SSSR count). The number of carbonyl (C=O) groups excluding carboxylic acids is 1. The van der Waals surface area contributed by atoms with Gasteiger partial charge in [-0.05, 0) is 44.9 Å². The molecule has 0 spiro atoms. The maximum absolute atomic E-state index is 12.5. The Hall–Kier alpha value is -1.43. The number of hydrogen-bond acceptors (Lipinski definition) is 4. The van der Waals surface area contributed by atoms with E-state index in [4.69, 9.17) is 0 Å². The van der Waals surface area contributed by atoms with Crippen LogP contribution < -0.4 is 5.32 Å². The van der Waals surface area contributed by atoms with E-state index in [1.54, 1.807) is 6.08 Å². The van der Waals surface area contributed by atoms with E-state index >= 15 is 0 Å². The van der Waals surface area contributed by atoms with Crippen molar-refractivity contribution in [3.05, 3.63) is 36.5 Å². The van der Waals surface area contributed by atoms with E-state index in [1.165, 1.54) is 276 Å². The van der Waals surface area contributed by atoms with Gasteiger partial charge in [0, 0.05) is 0 Å². The summed E-state index contributed by atoms with van der Waals surface area (Å²) >= 11 is 0. The van der Waals surface area contributed by atoms with E-state index in [2.05, 4.69) is 43.5 Å². The van der Waals surface area contributed by atoms with Crippen molar-refractivity contribution >= 4 is 5.91 Å². The van der Waals surface area contributed by atoms with Crippen molar-refractivity contribution in [3.63, 3.8) is 0 Å². The van der Waals surface area contributed by atoms with Crippen molar-refractivity contribution in [3.8, 4) is 0 Å². The molecule has 0 aromatic rings. The highest BCUT2D eigenvalue weighted by molar-refractivity contribution is 5.76. The molecule has 0 radical (unpaired) electrons. The molecule has 0 saturated heterocycles. The van der Waals surface area contributed by atoms with Crippen LogP contribution in [0.4, 0.5) is 0 Å². The Bertz CT molecular complexity index is 1070. The predicted molar refractivity (Wildman–Crippen MR) is 305 cm³/mol. The zero-order chi connectivity index (χ0) is 50.0. The van der Waals surface area contributed by atoms with Crippen LogP contribution in [0.15, 0.2) is 36.5 Å². The Morgan fingerprint density at radius 1 is 0.362 bits per heavy atom. The van der Waals surface area contributed by atoms with Crippen molar-refractivity contribution in [2.75, 3.05) is 6.61 Å². The molecule has 5 nitrogen and oxygen atoms in total. The number of rotatable bonds is 58. The van der Waals surface area contributed by atoms with Gasteiger partial charge in [0.05, 0.1) is 31.3 Å². The van der Waals surface area contributed by atoms with Crippen molar-refractivity contribution in [1.82, 2.24) is 5.32 Å². The molecular formula is C64H123NO4. The molecule has 0 bridgehead atoms. The quantitative estimate of drug-likeness (QED) is 0.0361. The first-order valence-electron chi connectivity index (χ1n) is 31.3. The van der Waals surface area contributed by atoms with Crippen molar-refractivity contribution in [1.29, 1.82) is 0 Å². The van der Waals surface area contributed by atoms with E-state index in [9.17, 15) is 20.1 Å². The number of nitrogens with one attached hydrogen (secondary N) is 1. The molecule has 3 unspecified atom stereocenters. The van der Waals surface area contributed by atoms with Gasteiger partial charge in [-0.1, -0.05) is 326 Å². The van der Waals surface area contributed by atoms with E-state index in [-0.39, 0.29) is 18.9 Å². The fourth-order valence-electron chi connectivity index (χ4n) is 9.91. The van der Waals surface area contributed by atoms with Gasteiger partial charge in [-0.15, -0.1) is 0 Å². The molecule has 0 aliphatic carbocycles.